The van der Waals surface area contributed by atoms with Gasteiger partial charge in [0.15, 0.2) is 0 Å². The molecular formula is C17H18ClN3O. The van der Waals surface area contributed by atoms with Crippen LogP contribution in [0.2, 0.25) is 5.02 Å². The molecule has 114 valence electrons. The third-order valence-electron chi connectivity index (χ3n) is 3.94. The largest absolute Gasteiger partial charge is 0.332 e. The number of nitrogens with zero attached hydrogens (tertiary/aromatic N) is 3. The SMILES string of the molecule is CCc1ncc2c(n1)CN(C(=O)CCc1ccccc1Cl)C2. The second-order valence-corrected chi connectivity index (χ2v) is 5.86. The van der Waals surface area contributed by atoms with Crippen molar-refractivity contribution in [2.45, 2.75) is 39.3 Å². The summed E-state index contributed by atoms with van der Waals surface area (Å²) in [4.78, 5) is 23.0. The van der Waals surface area contributed by atoms with E-state index in [2.05, 4.69) is 9.97 Å². The lowest BCUT2D eigenvalue weighted by molar-refractivity contribution is -0.131. The van der Waals surface area contributed by atoms with E-state index in [1.54, 1.807) is 0 Å². The minimum absolute atomic E-state index is 0.135. The maximum atomic E-state index is 12.4. The van der Waals surface area contributed by atoms with Crippen molar-refractivity contribution in [1.29, 1.82) is 0 Å². The van der Waals surface area contributed by atoms with E-state index >= 15 is 0 Å². The highest BCUT2D eigenvalue weighted by Crippen LogP contribution is 2.22. The van der Waals surface area contributed by atoms with Crippen LogP contribution in [0.5, 0.6) is 0 Å². The van der Waals surface area contributed by atoms with Crippen molar-refractivity contribution < 1.29 is 4.79 Å². The molecule has 0 unspecified atom stereocenters. The molecule has 0 spiro atoms. The van der Waals surface area contributed by atoms with Crippen molar-refractivity contribution >= 4 is 17.5 Å². The van der Waals surface area contributed by atoms with Crippen molar-refractivity contribution in [3.63, 3.8) is 0 Å². The number of hydrogen-bond donors (Lipinski definition) is 0. The van der Waals surface area contributed by atoms with Crippen molar-refractivity contribution in [2.75, 3.05) is 0 Å². The molecule has 1 aromatic carbocycles. The lowest BCUT2D eigenvalue weighted by atomic mass is 10.1. The van der Waals surface area contributed by atoms with E-state index in [0.29, 0.717) is 25.9 Å². The van der Waals surface area contributed by atoms with Crippen LogP contribution < -0.4 is 0 Å². The quantitative estimate of drug-likeness (QED) is 0.870. The number of hydrogen-bond acceptors (Lipinski definition) is 3. The summed E-state index contributed by atoms with van der Waals surface area (Å²) in [5, 5.41) is 0.721. The minimum atomic E-state index is 0.135. The van der Waals surface area contributed by atoms with Gasteiger partial charge in [-0.15, -0.1) is 0 Å². The van der Waals surface area contributed by atoms with Gasteiger partial charge < -0.3 is 4.90 Å². The van der Waals surface area contributed by atoms with E-state index in [4.69, 9.17) is 11.6 Å². The van der Waals surface area contributed by atoms with Gasteiger partial charge in [-0.3, -0.25) is 4.79 Å². The van der Waals surface area contributed by atoms with Crippen LogP contribution >= 0.6 is 11.6 Å². The standard InChI is InChI=1S/C17H18ClN3O/c1-2-16-19-9-13-10-21(11-15(13)20-16)17(22)8-7-12-5-3-4-6-14(12)18/h3-6,9H,2,7-8,10-11H2,1H3. The van der Waals surface area contributed by atoms with E-state index in [0.717, 1.165) is 34.1 Å². The molecule has 0 atom stereocenters. The van der Waals surface area contributed by atoms with Gasteiger partial charge >= 0.3 is 0 Å². The van der Waals surface area contributed by atoms with Crippen molar-refractivity contribution in [2.24, 2.45) is 0 Å². The molecule has 2 heterocycles. The van der Waals surface area contributed by atoms with Crippen molar-refractivity contribution in [1.82, 2.24) is 14.9 Å². The smallest absolute Gasteiger partial charge is 0.223 e. The Morgan fingerprint density at radius 1 is 1.32 bits per heavy atom. The van der Waals surface area contributed by atoms with Gasteiger partial charge in [-0.25, -0.2) is 9.97 Å². The highest BCUT2D eigenvalue weighted by Gasteiger charge is 2.24. The molecule has 0 saturated heterocycles. The summed E-state index contributed by atoms with van der Waals surface area (Å²) in [6.45, 7) is 3.23. The molecule has 1 aliphatic heterocycles. The maximum absolute atomic E-state index is 12.4. The van der Waals surface area contributed by atoms with Gasteiger partial charge in [0, 0.05) is 36.2 Å². The fourth-order valence-electron chi connectivity index (χ4n) is 2.64. The van der Waals surface area contributed by atoms with Crippen LogP contribution in [-0.4, -0.2) is 20.8 Å². The normalized spacial score (nSPS) is 13.3. The number of carbonyl (C=O) groups is 1. The van der Waals surface area contributed by atoms with E-state index < -0.39 is 0 Å². The minimum Gasteiger partial charge on any atom is -0.332 e. The van der Waals surface area contributed by atoms with Crippen molar-refractivity contribution in [3.05, 3.63) is 58.1 Å². The molecule has 1 aromatic heterocycles. The summed E-state index contributed by atoms with van der Waals surface area (Å²) in [7, 11) is 0. The molecule has 3 rings (SSSR count). The Labute approximate surface area is 135 Å². The first-order chi connectivity index (χ1) is 10.7. The fraction of sp³-hybridized carbons (Fsp3) is 0.353. The summed E-state index contributed by atoms with van der Waals surface area (Å²) in [5.41, 5.74) is 3.06. The Bertz CT molecular complexity index is 702. The van der Waals surface area contributed by atoms with Crippen LogP contribution in [0.25, 0.3) is 0 Å². The van der Waals surface area contributed by atoms with E-state index in [9.17, 15) is 4.79 Å². The number of amides is 1. The Kier molecular flexibility index (Phi) is 4.39. The molecule has 1 aliphatic rings. The molecule has 0 saturated carbocycles. The number of aromatic nitrogens is 2. The van der Waals surface area contributed by atoms with Crippen LogP contribution in [0.4, 0.5) is 0 Å². The van der Waals surface area contributed by atoms with Crippen LogP contribution in [0.1, 0.15) is 36.0 Å². The van der Waals surface area contributed by atoms with E-state index in [1.807, 2.05) is 42.3 Å². The van der Waals surface area contributed by atoms with Crippen LogP contribution in [0.15, 0.2) is 30.5 Å². The van der Waals surface area contributed by atoms with Crippen LogP contribution in [-0.2, 0) is 30.7 Å². The van der Waals surface area contributed by atoms with E-state index in [1.165, 1.54) is 0 Å². The molecule has 4 nitrogen and oxygen atoms in total. The molecule has 0 bridgehead atoms. The molecule has 0 aliphatic carbocycles. The predicted molar refractivity (Wildman–Crippen MR) is 85.4 cm³/mol. The zero-order valence-corrected chi connectivity index (χ0v) is 13.3. The molecule has 0 radical (unpaired) electrons. The average Bonchev–Trinajstić information content (AvgIpc) is 2.96. The average molecular weight is 316 g/mol. The maximum Gasteiger partial charge on any atom is 0.223 e. The van der Waals surface area contributed by atoms with E-state index in [-0.39, 0.29) is 5.91 Å². The Morgan fingerprint density at radius 3 is 2.91 bits per heavy atom. The number of carbonyl (C=O) groups excluding carboxylic acids is 1. The first-order valence-electron chi connectivity index (χ1n) is 7.52. The Hall–Kier alpha value is -1.94. The summed E-state index contributed by atoms with van der Waals surface area (Å²) in [6.07, 6.45) is 3.79. The first-order valence-corrected chi connectivity index (χ1v) is 7.90. The lowest BCUT2D eigenvalue weighted by Crippen LogP contribution is -2.25. The number of aryl methyl sites for hydroxylation is 2. The topological polar surface area (TPSA) is 46.1 Å². The number of rotatable bonds is 4. The van der Waals surface area contributed by atoms with Crippen molar-refractivity contribution in [3.8, 4) is 0 Å². The molecule has 1 amide bonds. The van der Waals surface area contributed by atoms with Crippen LogP contribution in [0, 0.1) is 0 Å². The fourth-order valence-corrected chi connectivity index (χ4v) is 2.87. The second-order valence-electron chi connectivity index (χ2n) is 5.45. The molecule has 0 fully saturated rings. The van der Waals surface area contributed by atoms with Gasteiger partial charge in [0.25, 0.3) is 0 Å². The molecular weight excluding hydrogens is 298 g/mol. The van der Waals surface area contributed by atoms with Gasteiger partial charge in [-0.2, -0.15) is 0 Å². The first kappa shape index (κ1) is 15.0. The monoisotopic (exact) mass is 315 g/mol. The van der Waals surface area contributed by atoms with Gasteiger partial charge in [0.05, 0.1) is 12.2 Å². The highest BCUT2D eigenvalue weighted by molar-refractivity contribution is 6.31. The molecule has 22 heavy (non-hydrogen) atoms. The summed E-state index contributed by atoms with van der Waals surface area (Å²) < 4.78 is 0. The van der Waals surface area contributed by atoms with Gasteiger partial charge in [-0.1, -0.05) is 36.7 Å². The van der Waals surface area contributed by atoms with Gasteiger partial charge in [-0.05, 0) is 18.1 Å². The third-order valence-corrected chi connectivity index (χ3v) is 4.31. The van der Waals surface area contributed by atoms with Gasteiger partial charge in [0.1, 0.15) is 5.82 Å². The lowest BCUT2D eigenvalue weighted by Gasteiger charge is -2.15. The molecule has 2 aromatic rings. The summed E-state index contributed by atoms with van der Waals surface area (Å²) >= 11 is 6.13. The number of halogens is 1. The Balaban J connectivity index is 1.62. The molecule has 0 N–H and O–H groups in total. The highest BCUT2D eigenvalue weighted by atomic mass is 35.5. The Morgan fingerprint density at radius 2 is 2.14 bits per heavy atom. The number of fused-ring (bicyclic) bond motifs is 1. The zero-order chi connectivity index (χ0) is 15.5. The number of benzene rings is 1. The zero-order valence-electron chi connectivity index (χ0n) is 12.6. The van der Waals surface area contributed by atoms with Gasteiger partial charge in [0.2, 0.25) is 5.91 Å². The third kappa shape index (κ3) is 3.12. The second kappa shape index (κ2) is 6.44. The predicted octanol–water partition coefficient (Wildman–Crippen LogP) is 3.17. The molecule has 5 heteroatoms. The van der Waals surface area contributed by atoms with Crippen LogP contribution in [0.3, 0.4) is 0 Å². The summed E-state index contributed by atoms with van der Waals surface area (Å²) in [6, 6.07) is 7.66. The summed E-state index contributed by atoms with van der Waals surface area (Å²) in [5.74, 6) is 0.972.